The molecule has 10 heteroatoms. The summed E-state index contributed by atoms with van der Waals surface area (Å²) in [7, 11) is 2.59. The van der Waals surface area contributed by atoms with E-state index >= 15 is 0 Å². The van der Waals surface area contributed by atoms with Gasteiger partial charge in [-0.1, -0.05) is 18.2 Å². The van der Waals surface area contributed by atoms with Crippen molar-refractivity contribution in [3.63, 3.8) is 0 Å². The lowest BCUT2D eigenvalue weighted by molar-refractivity contribution is -0.147. The molecule has 0 aromatic heterocycles. The van der Waals surface area contributed by atoms with Gasteiger partial charge in [0.05, 0.1) is 20.8 Å². The number of nitrogens with zero attached hydrogens (tertiary/aromatic N) is 2. The van der Waals surface area contributed by atoms with Crippen LogP contribution in [0.1, 0.15) is 70.6 Å². The first-order valence-electron chi connectivity index (χ1n) is 12.4. The number of methoxy groups -OCH3 is 2. The summed E-state index contributed by atoms with van der Waals surface area (Å²) in [6.45, 7) is 11.1. The van der Waals surface area contributed by atoms with Gasteiger partial charge in [-0.05, 0) is 64.7 Å². The molecule has 37 heavy (non-hydrogen) atoms. The summed E-state index contributed by atoms with van der Waals surface area (Å²) in [5, 5.41) is 0. The van der Waals surface area contributed by atoms with Gasteiger partial charge in [0.25, 0.3) is 0 Å². The molecule has 1 aromatic rings. The van der Waals surface area contributed by atoms with Crippen molar-refractivity contribution < 1.29 is 38.1 Å². The Morgan fingerprint density at radius 1 is 0.784 bits per heavy atom. The normalized spacial score (nSPS) is 21.7. The van der Waals surface area contributed by atoms with Gasteiger partial charge in [-0.2, -0.15) is 0 Å². The third-order valence-corrected chi connectivity index (χ3v) is 6.34. The smallest absolute Gasteiger partial charge is 0.411 e. The predicted octanol–water partition coefficient (Wildman–Crippen LogP) is 3.79. The van der Waals surface area contributed by atoms with Crippen molar-refractivity contribution in [3.05, 3.63) is 34.9 Å². The molecule has 0 bridgehead atoms. The first-order chi connectivity index (χ1) is 17.1. The Labute approximate surface area is 218 Å². The van der Waals surface area contributed by atoms with E-state index in [2.05, 4.69) is 0 Å². The summed E-state index contributed by atoms with van der Waals surface area (Å²) in [4.78, 5) is 53.6. The van der Waals surface area contributed by atoms with E-state index in [1.807, 2.05) is 18.2 Å². The van der Waals surface area contributed by atoms with Crippen LogP contribution >= 0.6 is 0 Å². The second-order valence-electron chi connectivity index (χ2n) is 11.5. The zero-order valence-electron chi connectivity index (χ0n) is 23.0. The Morgan fingerprint density at radius 2 is 1.32 bits per heavy atom. The fraction of sp³-hybridized carbons (Fsp3) is 0.630. The van der Waals surface area contributed by atoms with Gasteiger partial charge in [0.1, 0.15) is 23.3 Å². The van der Waals surface area contributed by atoms with Crippen molar-refractivity contribution in [1.82, 2.24) is 9.80 Å². The van der Waals surface area contributed by atoms with Gasteiger partial charge < -0.3 is 18.9 Å². The highest BCUT2D eigenvalue weighted by Crippen LogP contribution is 2.36. The van der Waals surface area contributed by atoms with E-state index in [0.717, 1.165) is 16.7 Å². The third-order valence-electron chi connectivity index (χ3n) is 6.34. The molecule has 0 aliphatic carbocycles. The van der Waals surface area contributed by atoms with Crippen molar-refractivity contribution in [2.75, 3.05) is 20.8 Å². The second-order valence-corrected chi connectivity index (χ2v) is 11.5. The molecule has 0 spiro atoms. The highest BCUT2D eigenvalue weighted by Gasteiger charge is 2.43. The standard InChI is InChI=1S/C27H38N2O8/c1-26(2,3)36-24(32)28-14-18-11-16(9-10-17(18)12-20(28)22(30)34-7)19-13-21(23(31)35-8)29(15-19)25(33)37-27(4,5)6/h9-11,19-21H,12-15H2,1-8H3/t19-,20?,21+/m0/s1. The van der Waals surface area contributed by atoms with Crippen LogP contribution in [0.25, 0.3) is 0 Å². The lowest BCUT2D eigenvalue weighted by atomic mass is 9.88. The van der Waals surface area contributed by atoms with Crippen LogP contribution < -0.4 is 0 Å². The Morgan fingerprint density at radius 3 is 1.86 bits per heavy atom. The number of amides is 2. The van der Waals surface area contributed by atoms with Crippen molar-refractivity contribution in [2.24, 2.45) is 0 Å². The van der Waals surface area contributed by atoms with Crippen LogP contribution in [0.2, 0.25) is 0 Å². The molecular weight excluding hydrogens is 480 g/mol. The van der Waals surface area contributed by atoms with E-state index in [0.29, 0.717) is 12.8 Å². The van der Waals surface area contributed by atoms with Crippen molar-refractivity contribution in [2.45, 2.75) is 90.1 Å². The van der Waals surface area contributed by atoms with Crippen LogP contribution in [0, 0.1) is 0 Å². The number of carbonyl (C=O) groups is 4. The molecule has 1 fully saturated rings. The van der Waals surface area contributed by atoms with Gasteiger partial charge in [0.15, 0.2) is 0 Å². The highest BCUT2D eigenvalue weighted by atomic mass is 16.6. The molecule has 0 saturated carbocycles. The molecule has 2 aliphatic rings. The van der Waals surface area contributed by atoms with Crippen molar-refractivity contribution in [1.29, 1.82) is 0 Å². The SMILES string of the molecule is COC(=O)C1Cc2ccc([C@H]3C[C@H](C(=O)OC)N(C(=O)OC(C)(C)C)C3)cc2CN1C(=O)OC(C)(C)C. The molecule has 1 aromatic carbocycles. The first kappa shape index (κ1) is 28.3. The Hall–Kier alpha value is -3.30. The van der Waals surface area contributed by atoms with E-state index < -0.39 is 47.4 Å². The summed E-state index contributed by atoms with van der Waals surface area (Å²) >= 11 is 0. The van der Waals surface area contributed by atoms with E-state index in [9.17, 15) is 19.2 Å². The van der Waals surface area contributed by atoms with Gasteiger partial charge in [-0.25, -0.2) is 19.2 Å². The van der Waals surface area contributed by atoms with Crippen LogP contribution in [-0.2, 0) is 41.5 Å². The number of esters is 2. The molecule has 0 radical (unpaired) electrons. The number of benzene rings is 1. The van der Waals surface area contributed by atoms with Gasteiger partial charge >= 0.3 is 24.1 Å². The van der Waals surface area contributed by atoms with Crippen LogP contribution in [0.5, 0.6) is 0 Å². The average molecular weight is 519 g/mol. The highest BCUT2D eigenvalue weighted by molar-refractivity contribution is 5.83. The number of hydrogen-bond acceptors (Lipinski definition) is 8. The minimum Gasteiger partial charge on any atom is -0.467 e. The summed E-state index contributed by atoms with van der Waals surface area (Å²) in [5.41, 5.74) is 1.28. The van der Waals surface area contributed by atoms with Gasteiger partial charge in [-0.15, -0.1) is 0 Å². The number of likely N-dealkylation sites (tertiary alicyclic amines) is 1. The Bertz CT molecular complexity index is 1060. The molecule has 2 aliphatic heterocycles. The lowest BCUT2D eigenvalue weighted by Crippen LogP contribution is -2.50. The molecule has 3 rings (SSSR count). The monoisotopic (exact) mass is 518 g/mol. The number of ether oxygens (including phenoxy) is 4. The largest absolute Gasteiger partial charge is 0.467 e. The number of carbonyl (C=O) groups excluding carboxylic acids is 4. The average Bonchev–Trinajstić information content (AvgIpc) is 3.25. The van der Waals surface area contributed by atoms with Crippen LogP contribution in [0.4, 0.5) is 9.59 Å². The summed E-state index contributed by atoms with van der Waals surface area (Å²) < 4.78 is 21.0. The maximum absolute atomic E-state index is 13.0. The zero-order valence-corrected chi connectivity index (χ0v) is 23.0. The molecule has 2 heterocycles. The van der Waals surface area contributed by atoms with Gasteiger partial charge in [0.2, 0.25) is 0 Å². The molecule has 0 N–H and O–H groups in total. The number of fused-ring (bicyclic) bond motifs is 1. The number of rotatable bonds is 3. The molecular formula is C27H38N2O8. The maximum Gasteiger partial charge on any atom is 0.411 e. The molecule has 3 atom stereocenters. The zero-order chi connectivity index (χ0) is 27.7. The third kappa shape index (κ3) is 6.72. The summed E-state index contributed by atoms with van der Waals surface area (Å²) in [6, 6.07) is 4.28. The quantitative estimate of drug-likeness (QED) is 0.439. The first-order valence-corrected chi connectivity index (χ1v) is 12.4. The molecule has 1 saturated heterocycles. The van der Waals surface area contributed by atoms with Crippen LogP contribution in [0.15, 0.2) is 18.2 Å². The molecule has 1 unspecified atom stereocenters. The Kier molecular flexibility index (Phi) is 8.09. The minimum atomic E-state index is -0.795. The van der Waals surface area contributed by atoms with Crippen LogP contribution in [-0.4, -0.2) is 78.0 Å². The van der Waals surface area contributed by atoms with Crippen molar-refractivity contribution in [3.8, 4) is 0 Å². The molecule has 2 amide bonds. The lowest BCUT2D eigenvalue weighted by Gasteiger charge is -2.36. The van der Waals surface area contributed by atoms with E-state index in [-0.39, 0.29) is 19.0 Å². The summed E-state index contributed by atoms with van der Waals surface area (Å²) in [5.74, 6) is -1.15. The maximum atomic E-state index is 13.0. The fourth-order valence-corrected chi connectivity index (χ4v) is 4.68. The van der Waals surface area contributed by atoms with Gasteiger partial charge in [0, 0.05) is 18.9 Å². The van der Waals surface area contributed by atoms with Gasteiger partial charge in [-0.3, -0.25) is 9.80 Å². The van der Waals surface area contributed by atoms with E-state index in [4.69, 9.17) is 18.9 Å². The molecule has 10 nitrogen and oxygen atoms in total. The number of hydrogen-bond donors (Lipinski definition) is 0. The topological polar surface area (TPSA) is 112 Å². The summed E-state index contributed by atoms with van der Waals surface area (Å²) in [6.07, 6.45) is -0.492. The fourth-order valence-electron chi connectivity index (χ4n) is 4.68. The minimum absolute atomic E-state index is 0.143. The second kappa shape index (κ2) is 10.6. The van der Waals surface area contributed by atoms with E-state index in [1.54, 1.807) is 41.5 Å². The predicted molar refractivity (Wildman–Crippen MR) is 134 cm³/mol. The van der Waals surface area contributed by atoms with Crippen LogP contribution in [0.3, 0.4) is 0 Å². The Balaban J connectivity index is 1.88. The molecule has 204 valence electrons. The van der Waals surface area contributed by atoms with E-state index in [1.165, 1.54) is 24.0 Å². The van der Waals surface area contributed by atoms with Crippen molar-refractivity contribution >= 4 is 24.1 Å².